The van der Waals surface area contributed by atoms with Gasteiger partial charge in [-0.05, 0) is 90.4 Å². The van der Waals surface area contributed by atoms with E-state index in [1.807, 2.05) is 0 Å². The quantitative estimate of drug-likeness (QED) is 0.00790. The molecular weight excluding hydrogens is 1240 g/mol. The normalized spacial score (nSPS) is 12.5. The van der Waals surface area contributed by atoms with Crippen molar-refractivity contribution in [2.45, 2.75) is 51.3 Å². The van der Waals surface area contributed by atoms with Crippen molar-refractivity contribution in [1.82, 2.24) is 25.6 Å². The summed E-state index contributed by atoms with van der Waals surface area (Å²) in [6, 6.07) is 22.5. The lowest BCUT2D eigenvalue weighted by atomic mass is 9.77. The first kappa shape index (κ1) is 70.4. The van der Waals surface area contributed by atoms with Crippen LogP contribution in [0.2, 0.25) is 0 Å². The number of aromatic hydroxyl groups is 2. The second-order valence-electron chi connectivity index (χ2n) is 20.7. The lowest BCUT2D eigenvalue weighted by Gasteiger charge is -2.36. The zero-order chi connectivity index (χ0) is 65.6. The number of phenols is 2. The van der Waals surface area contributed by atoms with E-state index in [0.717, 1.165) is 30.5 Å². The molecule has 1 aromatic heterocycles. The maximum absolute atomic E-state index is 14.8. The number of aromatic nitrogens is 3. The van der Waals surface area contributed by atoms with E-state index in [-0.39, 0.29) is 81.9 Å². The molecule has 0 aliphatic carbocycles. The van der Waals surface area contributed by atoms with Gasteiger partial charge in [-0.25, -0.2) is 18.0 Å². The first-order valence-corrected chi connectivity index (χ1v) is 30.8. The van der Waals surface area contributed by atoms with Gasteiger partial charge in [0.15, 0.2) is 22.3 Å². The highest BCUT2D eigenvalue weighted by atomic mass is 32.1. The Kier molecular flexibility index (Phi) is 28.2. The van der Waals surface area contributed by atoms with Gasteiger partial charge in [-0.15, -0.1) is 0 Å². The van der Waals surface area contributed by atoms with Gasteiger partial charge in [0, 0.05) is 73.7 Å². The summed E-state index contributed by atoms with van der Waals surface area (Å²) in [4.78, 5) is 51.4. The van der Waals surface area contributed by atoms with E-state index in [1.165, 1.54) is 36.4 Å². The van der Waals surface area contributed by atoms with Gasteiger partial charge in [-0.3, -0.25) is 9.59 Å². The van der Waals surface area contributed by atoms with Crippen LogP contribution in [-0.2, 0) is 70.9 Å². The van der Waals surface area contributed by atoms with Crippen LogP contribution >= 0.6 is 12.2 Å². The minimum Gasteiger partial charge on any atom is -0.508 e. The van der Waals surface area contributed by atoms with Crippen molar-refractivity contribution in [3.63, 3.8) is 0 Å². The number of fused-ring (bicyclic) bond motifs is 6. The van der Waals surface area contributed by atoms with Crippen molar-refractivity contribution in [2.24, 2.45) is 0 Å². The van der Waals surface area contributed by atoms with Crippen LogP contribution in [0, 0.1) is 17.5 Å². The summed E-state index contributed by atoms with van der Waals surface area (Å²) in [5.74, 6) is -3.71. The minimum absolute atomic E-state index is 0.00698. The molecule has 1 amide bonds. The number of hydrogen-bond donors (Lipinski definition) is 8. The molecule has 2 aliphatic rings. The molecule has 1 spiro atoms. The summed E-state index contributed by atoms with van der Waals surface area (Å²) in [6.45, 7) is 7.99. The molecule has 25 nitrogen and oxygen atoms in total. The molecule has 6 aromatic rings. The van der Waals surface area contributed by atoms with Crippen LogP contribution in [0.25, 0.3) is 0 Å². The Morgan fingerprint density at radius 1 is 0.559 bits per heavy atom. The van der Waals surface area contributed by atoms with Gasteiger partial charge in [0.05, 0.1) is 118 Å². The van der Waals surface area contributed by atoms with E-state index >= 15 is 0 Å². The number of anilines is 4. The molecule has 0 saturated carbocycles. The molecule has 3 heterocycles. The number of carbonyl (C=O) groups is 3. The van der Waals surface area contributed by atoms with Crippen LogP contribution in [0.5, 0.6) is 28.7 Å². The van der Waals surface area contributed by atoms with E-state index in [2.05, 4.69) is 53.8 Å². The Hall–Kier alpha value is -8.52. The van der Waals surface area contributed by atoms with Crippen LogP contribution in [-0.4, -0.2) is 173 Å². The largest absolute Gasteiger partial charge is 0.508 e. The van der Waals surface area contributed by atoms with Crippen LogP contribution in [0.15, 0.2) is 91.0 Å². The van der Waals surface area contributed by atoms with E-state index in [4.69, 9.17) is 64.3 Å². The maximum Gasteiger partial charge on any atom is 0.340 e. The number of unbranched alkanes of at least 4 members (excludes halogenated alkanes) is 1. The number of nitrogens with one attached hydrogen (secondary N) is 6. The Bertz CT molecular complexity index is 3360. The fourth-order valence-electron chi connectivity index (χ4n) is 9.36. The van der Waals surface area contributed by atoms with Crippen molar-refractivity contribution in [2.75, 3.05) is 147 Å². The summed E-state index contributed by atoms with van der Waals surface area (Å²) < 4.78 is 104. The van der Waals surface area contributed by atoms with Gasteiger partial charge in [-0.2, -0.15) is 15.0 Å². The number of halogens is 3. The van der Waals surface area contributed by atoms with Crippen molar-refractivity contribution in [1.29, 1.82) is 0 Å². The zero-order valence-electron chi connectivity index (χ0n) is 51.3. The van der Waals surface area contributed by atoms with Gasteiger partial charge in [0.25, 0.3) is 0 Å². The number of nitrogens with zero attached hydrogens (tertiary/aromatic N) is 3. The molecule has 0 unspecified atom stereocenters. The summed E-state index contributed by atoms with van der Waals surface area (Å²) in [6.07, 6.45) is 1.66. The van der Waals surface area contributed by atoms with Crippen LogP contribution in [0.1, 0.15) is 70.8 Å². The van der Waals surface area contributed by atoms with Gasteiger partial charge in [0.2, 0.25) is 29.5 Å². The molecule has 8 rings (SSSR count). The fraction of sp³-hybridized carbons (Fsp3) is 0.422. The fourth-order valence-corrected chi connectivity index (χ4v) is 9.58. The number of amides is 1. The van der Waals surface area contributed by atoms with E-state index in [0.29, 0.717) is 155 Å². The van der Waals surface area contributed by atoms with Gasteiger partial charge < -0.3 is 94.2 Å². The Labute approximate surface area is 540 Å². The van der Waals surface area contributed by atoms with Crippen LogP contribution < -0.4 is 41.4 Å². The Morgan fingerprint density at radius 2 is 1.09 bits per heavy atom. The highest BCUT2D eigenvalue weighted by Crippen LogP contribution is 2.57. The minimum atomic E-state index is -1.36. The molecule has 8 N–H and O–H groups in total. The number of benzene rings is 5. The van der Waals surface area contributed by atoms with E-state index < -0.39 is 40.8 Å². The standard InChI is InChI=1S/C64H76F3N9O16S/c1-2-3-15-68-60-74-61(76-62(75-60)72-40-42-5-4-6-44(65)34-42)69-16-20-84-24-22-82-18-13-56(79)71-41-43-35-52(66)58(53(67)36-43)91-57(80)14-19-83-23-26-86-28-30-88-32-33-89-31-29-87-27-25-85-21-17-70-63(93)73-45-7-10-49-48(37-45)59(81)92-64(49)50-11-8-46(77)38-54(50)90-55-39-47(78)9-12-51(55)64/h4-12,34-39,77-78H,2-3,13-33,40-41H2,1H3,(H,71,79)(H2,70,73,93)(H3,68,69,72,74,75,76). The predicted molar refractivity (Wildman–Crippen MR) is 337 cm³/mol. The summed E-state index contributed by atoms with van der Waals surface area (Å²) in [5, 5.41) is 38.8. The monoisotopic (exact) mass is 1320 g/mol. The molecule has 29 heteroatoms. The molecule has 0 bridgehead atoms. The van der Waals surface area contributed by atoms with E-state index in [1.54, 1.807) is 42.5 Å². The number of rotatable bonds is 42. The van der Waals surface area contributed by atoms with Crippen LogP contribution in [0.4, 0.5) is 36.7 Å². The number of thiocarbonyl (C=S) groups is 1. The number of carbonyl (C=O) groups excluding carboxylic acids is 3. The Morgan fingerprint density at radius 3 is 1.67 bits per heavy atom. The smallest absolute Gasteiger partial charge is 0.340 e. The molecule has 5 aromatic carbocycles. The number of hydrogen-bond acceptors (Lipinski definition) is 23. The lowest BCUT2D eigenvalue weighted by Crippen LogP contribution is -2.33. The number of esters is 2. The highest BCUT2D eigenvalue weighted by Gasteiger charge is 2.53. The second kappa shape index (κ2) is 37.2. The molecule has 500 valence electrons. The van der Waals surface area contributed by atoms with Crippen molar-refractivity contribution in [3.8, 4) is 28.7 Å². The molecule has 0 radical (unpaired) electrons. The zero-order valence-corrected chi connectivity index (χ0v) is 52.1. The highest BCUT2D eigenvalue weighted by molar-refractivity contribution is 7.80. The third-order valence-corrected chi connectivity index (χ3v) is 14.0. The SMILES string of the molecule is CCCCNc1nc(NCCOCCOCCC(=O)NCc2cc(F)c(OC(=O)CCOCCOCCOCCOCCOCCOCCNC(=S)Nc3ccc4c(c3)C(=O)OC43c4ccc(O)cc4Oc4cc(O)ccc43)c(F)c2)nc(NCc2cccc(F)c2)n1. The molecule has 0 atom stereocenters. The average molecular weight is 1320 g/mol. The van der Waals surface area contributed by atoms with Gasteiger partial charge in [-0.1, -0.05) is 31.5 Å². The summed E-state index contributed by atoms with van der Waals surface area (Å²) in [7, 11) is 0. The third-order valence-electron chi connectivity index (χ3n) is 13.8. The van der Waals surface area contributed by atoms with Crippen molar-refractivity contribution >= 4 is 58.7 Å². The number of ether oxygens (including phenoxy) is 11. The van der Waals surface area contributed by atoms with Crippen LogP contribution in [0.3, 0.4) is 0 Å². The second-order valence-corrected chi connectivity index (χ2v) is 21.1. The van der Waals surface area contributed by atoms with Gasteiger partial charge in [0.1, 0.15) is 28.8 Å². The van der Waals surface area contributed by atoms with Crippen molar-refractivity contribution < 1.29 is 89.9 Å². The van der Waals surface area contributed by atoms with E-state index in [9.17, 15) is 37.8 Å². The van der Waals surface area contributed by atoms with Gasteiger partial charge >= 0.3 is 11.9 Å². The van der Waals surface area contributed by atoms with Crippen molar-refractivity contribution in [3.05, 3.63) is 142 Å². The molecule has 2 aliphatic heterocycles. The topological polar surface area (TPSA) is 304 Å². The molecule has 0 saturated heterocycles. The summed E-state index contributed by atoms with van der Waals surface area (Å²) >= 11 is 5.47. The summed E-state index contributed by atoms with van der Waals surface area (Å²) in [5.41, 5.74) is 1.99. The Balaban J connectivity index is 0.567. The first-order chi connectivity index (χ1) is 45.3. The maximum atomic E-state index is 14.8. The average Bonchev–Trinajstić information content (AvgIpc) is 1.61. The molecule has 93 heavy (non-hydrogen) atoms. The molecule has 0 fully saturated rings. The number of phenolic OH excluding ortho intramolecular Hbond substituents is 2. The lowest BCUT2D eigenvalue weighted by molar-refractivity contribution is -0.136. The molecular formula is C64H76F3N9O16S. The predicted octanol–water partition coefficient (Wildman–Crippen LogP) is 7.63. The first-order valence-electron chi connectivity index (χ1n) is 30.3. The third kappa shape index (κ3) is 22.1.